The van der Waals surface area contributed by atoms with Crippen molar-refractivity contribution in [2.75, 3.05) is 13.1 Å². The van der Waals surface area contributed by atoms with E-state index in [-0.39, 0.29) is 24.5 Å². The summed E-state index contributed by atoms with van der Waals surface area (Å²) in [4.78, 5) is 25.4. The van der Waals surface area contributed by atoms with Crippen LogP contribution >= 0.6 is 0 Å². The molecule has 0 aliphatic heterocycles. The van der Waals surface area contributed by atoms with Crippen molar-refractivity contribution in [2.45, 2.75) is 51.1 Å². The molecule has 0 spiro atoms. The number of carbonyl (C=O) groups is 2. The van der Waals surface area contributed by atoms with E-state index in [1.165, 1.54) is 0 Å². The Morgan fingerprint density at radius 1 is 1.26 bits per heavy atom. The van der Waals surface area contributed by atoms with Gasteiger partial charge in [-0.2, -0.15) is 0 Å². The van der Waals surface area contributed by atoms with Crippen LogP contribution in [0.1, 0.15) is 39.2 Å². The quantitative estimate of drug-likeness (QED) is 0.807. The summed E-state index contributed by atoms with van der Waals surface area (Å²) in [6.07, 6.45) is 1.63. The van der Waals surface area contributed by atoms with Gasteiger partial charge in [-0.1, -0.05) is 37.3 Å². The first-order valence-electron chi connectivity index (χ1n) is 8.17. The summed E-state index contributed by atoms with van der Waals surface area (Å²) in [5.41, 5.74) is 0.423. The second-order valence-corrected chi connectivity index (χ2v) is 6.74. The van der Waals surface area contributed by atoms with E-state index in [2.05, 4.69) is 5.32 Å². The van der Waals surface area contributed by atoms with Crippen molar-refractivity contribution in [2.24, 2.45) is 0 Å². The van der Waals surface area contributed by atoms with Gasteiger partial charge in [0, 0.05) is 12.1 Å². The molecule has 0 radical (unpaired) electrons. The fourth-order valence-electron chi connectivity index (χ4n) is 3.03. The Kier molecular flexibility index (Phi) is 5.42. The summed E-state index contributed by atoms with van der Waals surface area (Å²) in [6.45, 7) is 6.60. The number of amides is 1. The molecule has 0 bridgehead atoms. The first kappa shape index (κ1) is 17.5. The Hall–Kier alpha value is -1.88. The number of nitrogens with one attached hydrogen (secondary N) is 1. The molecule has 23 heavy (non-hydrogen) atoms. The highest BCUT2D eigenvalue weighted by Gasteiger charge is 2.38. The monoisotopic (exact) mass is 318 g/mol. The third-order valence-corrected chi connectivity index (χ3v) is 4.77. The summed E-state index contributed by atoms with van der Waals surface area (Å²) < 4.78 is 0. The van der Waals surface area contributed by atoms with Crippen LogP contribution in [0, 0.1) is 0 Å². The molecule has 1 aromatic carbocycles. The van der Waals surface area contributed by atoms with Crippen molar-refractivity contribution >= 4 is 11.9 Å². The molecule has 0 atom stereocenters. The van der Waals surface area contributed by atoms with E-state index in [1.807, 2.05) is 56.0 Å². The molecule has 126 valence electrons. The van der Waals surface area contributed by atoms with Crippen molar-refractivity contribution in [3.05, 3.63) is 35.9 Å². The molecule has 0 unspecified atom stereocenters. The van der Waals surface area contributed by atoms with Crippen LogP contribution in [-0.4, -0.2) is 47.1 Å². The third-order valence-electron chi connectivity index (χ3n) is 4.77. The van der Waals surface area contributed by atoms with Gasteiger partial charge in [-0.25, -0.2) is 0 Å². The van der Waals surface area contributed by atoms with E-state index in [0.29, 0.717) is 6.54 Å². The highest BCUT2D eigenvalue weighted by molar-refractivity contribution is 5.87. The highest BCUT2D eigenvalue weighted by Crippen LogP contribution is 2.28. The average molecular weight is 318 g/mol. The van der Waals surface area contributed by atoms with E-state index < -0.39 is 11.4 Å². The second-order valence-electron chi connectivity index (χ2n) is 6.74. The van der Waals surface area contributed by atoms with Crippen molar-refractivity contribution in [1.29, 1.82) is 0 Å². The van der Waals surface area contributed by atoms with Gasteiger partial charge in [0.1, 0.15) is 0 Å². The molecule has 1 saturated carbocycles. The van der Waals surface area contributed by atoms with E-state index >= 15 is 0 Å². The van der Waals surface area contributed by atoms with Crippen LogP contribution in [0.15, 0.2) is 30.3 Å². The molecule has 5 heteroatoms. The maximum Gasteiger partial charge on any atom is 0.317 e. The Balaban J connectivity index is 1.87. The maximum absolute atomic E-state index is 12.6. The standard InChI is InChI=1S/C18H26N2O3/c1-4-20(12-16(21)22)15-10-14(11-15)19-17(23)18(2,3)13-8-6-5-7-9-13/h5-9,14-15H,4,10-12H2,1-3H3,(H,19,23)(H,21,22). The molecule has 1 aromatic rings. The Bertz CT molecular complexity index is 551. The number of aliphatic carboxylic acids is 1. The number of carboxylic acid groups (broad SMARTS) is 1. The summed E-state index contributed by atoms with van der Waals surface area (Å²) in [6, 6.07) is 10.1. The fourth-order valence-corrected chi connectivity index (χ4v) is 3.03. The zero-order chi connectivity index (χ0) is 17.0. The van der Waals surface area contributed by atoms with Gasteiger partial charge in [0.15, 0.2) is 0 Å². The minimum Gasteiger partial charge on any atom is -0.480 e. The summed E-state index contributed by atoms with van der Waals surface area (Å²) in [5.74, 6) is -0.780. The van der Waals surface area contributed by atoms with Crippen molar-refractivity contribution < 1.29 is 14.7 Å². The molecular weight excluding hydrogens is 292 g/mol. The van der Waals surface area contributed by atoms with Crippen molar-refractivity contribution in [1.82, 2.24) is 10.2 Å². The SMILES string of the molecule is CCN(CC(=O)O)C1CC(NC(=O)C(C)(C)c2ccccc2)C1. The molecule has 0 heterocycles. The zero-order valence-electron chi connectivity index (χ0n) is 14.1. The van der Waals surface area contributed by atoms with Gasteiger partial charge in [-0.3, -0.25) is 14.5 Å². The molecule has 0 saturated heterocycles. The second kappa shape index (κ2) is 7.13. The van der Waals surface area contributed by atoms with Crippen LogP contribution in [0.3, 0.4) is 0 Å². The first-order chi connectivity index (χ1) is 10.8. The Labute approximate surface area is 137 Å². The van der Waals surface area contributed by atoms with Crippen LogP contribution in [0.25, 0.3) is 0 Å². The molecule has 1 fully saturated rings. The van der Waals surface area contributed by atoms with Gasteiger partial charge >= 0.3 is 5.97 Å². The molecule has 2 N–H and O–H groups in total. The number of hydrogen-bond donors (Lipinski definition) is 2. The van der Waals surface area contributed by atoms with Crippen LogP contribution < -0.4 is 5.32 Å². The van der Waals surface area contributed by atoms with Gasteiger partial charge in [0.05, 0.1) is 12.0 Å². The van der Waals surface area contributed by atoms with Gasteiger partial charge in [0.25, 0.3) is 0 Å². The first-order valence-corrected chi connectivity index (χ1v) is 8.17. The number of carboxylic acids is 1. The molecule has 0 aromatic heterocycles. The number of likely N-dealkylation sites (N-methyl/N-ethyl adjacent to an activating group) is 1. The van der Waals surface area contributed by atoms with Gasteiger partial charge in [-0.15, -0.1) is 0 Å². The fraction of sp³-hybridized carbons (Fsp3) is 0.556. The lowest BCUT2D eigenvalue weighted by atomic mass is 9.81. The number of nitrogens with zero attached hydrogens (tertiary/aromatic N) is 1. The Morgan fingerprint density at radius 2 is 1.87 bits per heavy atom. The van der Waals surface area contributed by atoms with E-state index in [4.69, 9.17) is 5.11 Å². The van der Waals surface area contributed by atoms with Crippen molar-refractivity contribution in [3.63, 3.8) is 0 Å². The smallest absolute Gasteiger partial charge is 0.317 e. The molecule has 1 amide bonds. The topological polar surface area (TPSA) is 69.6 Å². The molecule has 1 aliphatic carbocycles. The average Bonchev–Trinajstić information content (AvgIpc) is 2.48. The largest absolute Gasteiger partial charge is 0.480 e. The summed E-state index contributed by atoms with van der Waals surface area (Å²) in [7, 11) is 0. The minimum atomic E-state index is -0.801. The van der Waals surface area contributed by atoms with Gasteiger partial charge < -0.3 is 10.4 Å². The number of benzene rings is 1. The summed E-state index contributed by atoms with van der Waals surface area (Å²) in [5, 5.41) is 12.0. The van der Waals surface area contributed by atoms with Crippen LogP contribution in [0.5, 0.6) is 0 Å². The van der Waals surface area contributed by atoms with Crippen LogP contribution in [0.2, 0.25) is 0 Å². The van der Waals surface area contributed by atoms with E-state index in [1.54, 1.807) is 0 Å². The maximum atomic E-state index is 12.6. The Morgan fingerprint density at radius 3 is 2.39 bits per heavy atom. The number of carbonyl (C=O) groups excluding carboxylic acids is 1. The van der Waals surface area contributed by atoms with Gasteiger partial charge in [-0.05, 0) is 38.8 Å². The predicted molar refractivity (Wildman–Crippen MR) is 89.3 cm³/mol. The summed E-state index contributed by atoms with van der Waals surface area (Å²) >= 11 is 0. The van der Waals surface area contributed by atoms with Crippen molar-refractivity contribution in [3.8, 4) is 0 Å². The third kappa shape index (κ3) is 4.10. The van der Waals surface area contributed by atoms with Gasteiger partial charge in [0.2, 0.25) is 5.91 Å². The predicted octanol–water partition coefficient (Wildman–Crippen LogP) is 2.02. The molecular formula is C18H26N2O3. The van der Waals surface area contributed by atoms with E-state index in [9.17, 15) is 9.59 Å². The lowest BCUT2D eigenvalue weighted by Crippen LogP contribution is -2.57. The van der Waals surface area contributed by atoms with Crippen LogP contribution in [0.4, 0.5) is 0 Å². The molecule has 1 aliphatic rings. The molecule has 5 nitrogen and oxygen atoms in total. The normalized spacial score (nSPS) is 20.9. The minimum absolute atomic E-state index is 0.0217. The number of rotatable bonds is 7. The molecule has 2 rings (SSSR count). The lowest BCUT2D eigenvalue weighted by Gasteiger charge is -2.43. The van der Waals surface area contributed by atoms with E-state index in [0.717, 1.165) is 18.4 Å². The van der Waals surface area contributed by atoms with Crippen LogP contribution in [-0.2, 0) is 15.0 Å². The highest BCUT2D eigenvalue weighted by atomic mass is 16.4. The number of hydrogen-bond acceptors (Lipinski definition) is 3. The lowest BCUT2D eigenvalue weighted by molar-refractivity contribution is -0.140. The zero-order valence-corrected chi connectivity index (χ0v) is 14.1.